The molecule has 0 radical (unpaired) electrons. The maximum atomic E-state index is 12.6. The summed E-state index contributed by atoms with van der Waals surface area (Å²) in [6, 6.07) is 28.5. The van der Waals surface area contributed by atoms with Crippen LogP contribution in [0.2, 0.25) is 0 Å². The van der Waals surface area contributed by atoms with Crippen molar-refractivity contribution >= 4 is 17.5 Å². The minimum atomic E-state index is -0.875. The molecule has 53 heavy (non-hydrogen) atoms. The minimum Gasteiger partial charge on any atom is -0.388 e. The third kappa shape index (κ3) is 9.72. The molecule has 2 aromatic heterocycles. The molecule has 7 rings (SSSR count). The number of nitrogens with two attached hydrogens (primary N) is 1. The number of amides is 1. The van der Waals surface area contributed by atoms with Crippen molar-refractivity contribution in [1.29, 1.82) is 0 Å². The largest absolute Gasteiger partial charge is 0.388 e. The molecule has 3 N–H and O–H groups in total. The van der Waals surface area contributed by atoms with E-state index in [1.807, 2.05) is 49.4 Å². The van der Waals surface area contributed by atoms with Crippen LogP contribution in [0.15, 0.2) is 84.9 Å². The fraction of sp³-hybridized carbons (Fsp3) is 0.400. The van der Waals surface area contributed by atoms with Crippen molar-refractivity contribution < 1.29 is 14.6 Å². The summed E-state index contributed by atoms with van der Waals surface area (Å²) in [5.41, 5.74) is 12.2. The Labute approximate surface area is 314 Å². The molecule has 3 aliphatic rings. The van der Waals surface area contributed by atoms with Gasteiger partial charge in [0.25, 0.3) is 5.91 Å². The summed E-state index contributed by atoms with van der Waals surface area (Å²) < 4.78 is 5.15. The third-order valence-electron chi connectivity index (χ3n) is 10.3. The molecular weight excluding hydrogens is 659 g/mol. The van der Waals surface area contributed by atoms with Crippen LogP contribution in [0.5, 0.6) is 0 Å². The lowest BCUT2D eigenvalue weighted by atomic mass is 9.83. The van der Waals surface area contributed by atoms with Crippen LogP contribution in [0.1, 0.15) is 86.0 Å². The van der Waals surface area contributed by atoms with Gasteiger partial charge in [0.15, 0.2) is 6.10 Å². The van der Waals surface area contributed by atoms with E-state index in [4.69, 9.17) is 20.4 Å². The highest BCUT2D eigenvalue weighted by atomic mass is 16.5. The molecule has 8 heteroatoms. The first-order valence-electron chi connectivity index (χ1n) is 18.8. The highest BCUT2D eigenvalue weighted by Crippen LogP contribution is 2.27. The average Bonchev–Trinajstić information content (AvgIpc) is 3.74. The summed E-state index contributed by atoms with van der Waals surface area (Å²) in [7, 11) is 1.43. The van der Waals surface area contributed by atoms with Crippen molar-refractivity contribution in [1.82, 2.24) is 9.97 Å². The van der Waals surface area contributed by atoms with Gasteiger partial charge in [-0.2, -0.15) is 0 Å². The van der Waals surface area contributed by atoms with Crippen molar-refractivity contribution in [3.8, 4) is 23.7 Å². The van der Waals surface area contributed by atoms with E-state index in [-0.39, 0.29) is 12.5 Å². The van der Waals surface area contributed by atoms with Crippen LogP contribution in [0.4, 0.5) is 11.6 Å². The Bertz CT molecular complexity index is 1970. The lowest BCUT2D eigenvalue weighted by Gasteiger charge is -2.27. The molecule has 0 bridgehead atoms. The number of aliphatic hydroxyl groups is 1. The second kappa shape index (κ2) is 17.7. The summed E-state index contributed by atoms with van der Waals surface area (Å²) in [5, 5.41) is 10.2. The lowest BCUT2D eigenvalue weighted by Crippen LogP contribution is -2.40. The van der Waals surface area contributed by atoms with Crippen molar-refractivity contribution in [2.45, 2.75) is 83.0 Å². The van der Waals surface area contributed by atoms with Gasteiger partial charge in [-0.25, -0.2) is 9.97 Å². The maximum absolute atomic E-state index is 12.6. The third-order valence-corrected chi connectivity index (χ3v) is 10.3. The molecule has 1 aliphatic carbocycles. The van der Waals surface area contributed by atoms with Crippen LogP contribution in [-0.2, 0) is 22.4 Å². The molecule has 4 aromatic rings. The van der Waals surface area contributed by atoms with Gasteiger partial charge < -0.3 is 20.5 Å². The number of β-amino-alcohol motifs (C(OH)–C–C–N with tert-alkyl or cyclic N) is 1. The molecule has 2 aliphatic heterocycles. The van der Waals surface area contributed by atoms with Crippen LogP contribution in [0, 0.1) is 29.6 Å². The van der Waals surface area contributed by atoms with Gasteiger partial charge in [0.05, 0.1) is 23.5 Å². The van der Waals surface area contributed by atoms with Gasteiger partial charge in [-0.3, -0.25) is 9.69 Å². The minimum absolute atomic E-state index is 0.159. The first-order valence-corrected chi connectivity index (χ1v) is 18.8. The van der Waals surface area contributed by atoms with Gasteiger partial charge in [-0.15, -0.1) is 5.92 Å². The zero-order valence-corrected chi connectivity index (χ0v) is 31.2. The Hall–Kier alpha value is -4.99. The predicted molar refractivity (Wildman–Crippen MR) is 212 cm³/mol. The second-order valence-electron chi connectivity index (χ2n) is 14.5. The van der Waals surface area contributed by atoms with E-state index < -0.39 is 17.7 Å². The first-order chi connectivity index (χ1) is 25.7. The van der Waals surface area contributed by atoms with Crippen LogP contribution >= 0.6 is 0 Å². The van der Waals surface area contributed by atoms with E-state index in [1.54, 1.807) is 6.07 Å². The monoisotopic (exact) mass is 709 g/mol. The Balaban J connectivity index is 0.000000192. The van der Waals surface area contributed by atoms with E-state index in [1.165, 1.54) is 30.4 Å². The number of rotatable bonds is 7. The predicted octanol–water partition coefficient (Wildman–Crippen LogP) is 6.30. The zero-order chi connectivity index (χ0) is 37.2. The van der Waals surface area contributed by atoms with Gasteiger partial charge in [-0.05, 0) is 67.5 Å². The molecule has 1 amide bonds. The van der Waals surface area contributed by atoms with Gasteiger partial charge in [0, 0.05) is 44.2 Å². The van der Waals surface area contributed by atoms with E-state index in [0.29, 0.717) is 12.2 Å². The highest BCUT2D eigenvalue weighted by Gasteiger charge is 2.41. The number of nitrogens with zero attached hydrogens (tertiary/aromatic N) is 4. The quantitative estimate of drug-likeness (QED) is 0.217. The standard InChI is InChI=1S/C25H29N3O3.C20H22N2/c1-31-23-21(29)17-28(24(23)30)22-11-10-19(12-15-25(26)13-6-3-7-14-25)20(27-22)16-18-8-4-2-5-9-18;1-3-7-18-10-11-20(22-13-12-16(2)15-22)21-19(18)14-17-8-5-4-6-9-17/h2,4-5,8-11,21,23,29H,3,6-7,13-14,16-17,26H2,1H3;4-6,8-11,16H,12-15H2,1-2H3/t21-,23-;16-/m10/s1. The Morgan fingerprint density at radius 1 is 0.830 bits per heavy atom. The van der Waals surface area contributed by atoms with E-state index >= 15 is 0 Å². The number of benzene rings is 2. The molecule has 8 nitrogen and oxygen atoms in total. The number of carbonyl (C=O) groups is 1. The number of ether oxygens (including phenoxy) is 1. The van der Waals surface area contributed by atoms with Gasteiger partial charge >= 0.3 is 0 Å². The molecule has 0 unspecified atom stereocenters. The van der Waals surface area contributed by atoms with E-state index in [2.05, 4.69) is 71.9 Å². The normalized spacial score (nSPS) is 20.5. The smallest absolute Gasteiger partial charge is 0.260 e. The number of methoxy groups -OCH3 is 1. The van der Waals surface area contributed by atoms with Crippen LogP contribution in [0.25, 0.3) is 0 Å². The molecule has 2 aromatic carbocycles. The van der Waals surface area contributed by atoms with Gasteiger partial charge in [0.1, 0.15) is 17.7 Å². The van der Waals surface area contributed by atoms with Crippen LogP contribution in [-0.4, -0.2) is 65.5 Å². The summed E-state index contributed by atoms with van der Waals surface area (Å²) in [4.78, 5) is 26.2. The summed E-state index contributed by atoms with van der Waals surface area (Å²) in [6.07, 6.45) is 6.22. The first kappa shape index (κ1) is 37.8. The number of hydrogen-bond acceptors (Lipinski definition) is 7. The topological polar surface area (TPSA) is 105 Å². The molecular formula is C45H51N5O3. The molecule has 2 saturated heterocycles. The number of anilines is 2. The van der Waals surface area contributed by atoms with Gasteiger partial charge in [-0.1, -0.05) is 105 Å². The Kier molecular flexibility index (Phi) is 12.6. The van der Waals surface area contributed by atoms with E-state index in [9.17, 15) is 9.90 Å². The fourth-order valence-electron chi connectivity index (χ4n) is 7.31. The SMILES string of the molecule is CC#Cc1ccc(N2CC[C@H](C)C2)nc1Cc1ccccc1.CO[C@H]1C(=O)N(c2ccc(C#CC3(N)CCCCC3)c(Cc3ccccc3)n2)C[C@H]1O. The summed E-state index contributed by atoms with van der Waals surface area (Å²) in [6.45, 7) is 6.56. The zero-order valence-electron chi connectivity index (χ0n) is 31.2. The molecule has 4 heterocycles. The van der Waals surface area contributed by atoms with Crippen molar-refractivity contribution in [3.63, 3.8) is 0 Å². The van der Waals surface area contributed by atoms with E-state index in [0.717, 1.165) is 85.0 Å². The average molecular weight is 710 g/mol. The molecule has 0 spiro atoms. The lowest BCUT2D eigenvalue weighted by molar-refractivity contribution is -0.128. The van der Waals surface area contributed by atoms with Gasteiger partial charge in [0.2, 0.25) is 0 Å². The second-order valence-corrected chi connectivity index (χ2v) is 14.5. The summed E-state index contributed by atoms with van der Waals surface area (Å²) >= 11 is 0. The van der Waals surface area contributed by atoms with Crippen molar-refractivity contribution in [3.05, 3.63) is 119 Å². The molecule has 274 valence electrons. The summed E-state index contributed by atoms with van der Waals surface area (Å²) in [5.74, 6) is 14.9. The van der Waals surface area contributed by atoms with Crippen LogP contribution < -0.4 is 15.5 Å². The Morgan fingerprint density at radius 2 is 1.42 bits per heavy atom. The Morgan fingerprint density at radius 3 is 1.96 bits per heavy atom. The van der Waals surface area contributed by atoms with Crippen LogP contribution in [0.3, 0.4) is 0 Å². The number of aliphatic hydroxyl groups excluding tert-OH is 1. The number of carbonyl (C=O) groups excluding carboxylic acids is 1. The molecule has 1 saturated carbocycles. The fourth-order valence-corrected chi connectivity index (χ4v) is 7.31. The number of aromatic nitrogens is 2. The number of hydrogen-bond donors (Lipinski definition) is 2. The molecule has 3 fully saturated rings. The van der Waals surface area contributed by atoms with Crippen molar-refractivity contribution in [2.24, 2.45) is 11.7 Å². The maximum Gasteiger partial charge on any atom is 0.260 e. The van der Waals surface area contributed by atoms with Crippen molar-refractivity contribution in [2.75, 3.05) is 36.5 Å². The molecule has 3 atom stereocenters. The number of pyridine rings is 2. The highest BCUT2D eigenvalue weighted by molar-refractivity contribution is 5.99.